The predicted molar refractivity (Wildman–Crippen MR) is 108 cm³/mol. The van der Waals surface area contributed by atoms with Gasteiger partial charge in [0.25, 0.3) is 0 Å². The van der Waals surface area contributed by atoms with Gasteiger partial charge in [0.1, 0.15) is 12.4 Å². The van der Waals surface area contributed by atoms with Crippen molar-refractivity contribution in [3.05, 3.63) is 61.1 Å². The average Bonchev–Trinajstić information content (AvgIpc) is 3.05. The molecule has 4 unspecified atom stereocenters. The minimum absolute atomic E-state index is 0.0197. The van der Waals surface area contributed by atoms with Gasteiger partial charge in [-0.05, 0) is 30.4 Å². The summed E-state index contributed by atoms with van der Waals surface area (Å²) >= 11 is 0. The number of benzene rings is 1. The molecular weight excluding hydrogens is 373 g/mol. The van der Waals surface area contributed by atoms with Gasteiger partial charge >= 0.3 is 0 Å². The summed E-state index contributed by atoms with van der Waals surface area (Å²) in [6.45, 7) is 4.20. The van der Waals surface area contributed by atoms with Crippen LogP contribution in [0.15, 0.2) is 55.3 Å². The Kier molecular flexibility index (Phi) is 5.16. The zero-order valence-corrected chi connectivity index (χ0v) is 15.7. The zero-order chi connectivity index (χ0) is 20.4. The Balaban J connectivity index is 1.76. The lowest BCUT2D eigenvalue weighted by Gasteiger charge is -2.25. The molecule has 2 aromatic rings. The Morgan fingerprint density at radius 1 is 1.41 bits per heavy atom. The van der Waals surface area contributed by atoms with Crippen molar-refractivity contribution in [3.63, 3.8) is 0 Å². The van der Waals surface area contributed by atoms with Gasteiger partial charge in [0.2, 0.25) is 11.9 Å². The average molecular weight is 395 g/mol. The highest BCUT2D eigenvalue weighted by atomic mass is 19.1. The number of ether oxygens (including phenoxy) is 1. The van der Waals surface area contributed by atoms with E-state index in [9.17, 15) is 9.18 Å². The van der Waals surface area contributed by atoms with E-state index in [0.717, 1.165) is 6.20 Å². The monoisotopic (exact) mass is 395 g/mol. The van der Waals surface area contributed by atoms with Crippen molar-refractivity contribution < 1.29 is 13.9 Å². The van der Waals surface area contributed by atoms with E-state index in [2.05, 4.69) is 27.2 Å². The number of amides is 1. The first kappa shape index (κ1) is 18.9. The third kappa shape index (κ3) is 3.91. The lowest BCUT2D eigenvalue weighted by atomic mass is 9.92. The predicted octanol–water partition coefficient (Wildman–Crippen LogP) is 3.01. The highest BCUT2D eigenvalue weighted by molar-refractivity contribution is 5.79. The fourth-order valence-electron chi connectivity index (χ4n) is 4.02. The number of hydrogen-bond donors (Lipinski definition) is 3. The number of nitrogens with one attached hydrogen (secondary N) is 2. The smallest absolute Gasteiger partial charge is 0.229 e. The number of anilines is 3. The summed E-state index contributed by atoms with van der Waals surface area (Å²) in [6.07, 6.45) is 7.37. The van der Waals surface area contributed by atoms with Gasteiger partial charge in [-0.3, -0.25) is 4.79 Å². The summed E-state index contributed by atoms with van der Waals surface area (Å²) < 4.78 is 20.2. The van der Waals surface area contributed by atoms with Crippen LogP contribution in [0.25, 0.3) is 0 Å². The summed E-state index contributed by atoms with van der Waals surface area (Å²) in [5.41, 5.74) is 6.38. The molecule has 1 amide bonds. The van der Waals surface area contributed by atoms with Gasteiger partial charge < -0.3 is 21.1 Å². The maximum absolute atomic E-state index is 14.5. The number of aromatic nitrogens is 2. The van der Waals surface area contributed by atoms with Gasteiger partial charge in [-0.25, -0.2) is 9.37 Å². The van der Waals surface area contributed by atoms with E-state index in [1.54, 1.807) is 6.08 Å². The molecular formula is C21H22FN5O2. The van der Waals surface area contributed by atoms with Gasteiger partial charge in [0, 0.05) is 17.8 Å². The fraction of sp³-hybridized carbons (Fsp3) is 0.286. The van der Waals surface area contributed by atoms with E-state index in [4.69, 9.17) is 10.5 Å². The molecule has 1 fully saturated rings. The molecule has 4 N–H and O–H groups in total. The molecule has 1 aliphatic carbocycles. The molecule has 2 aliphatic rings. The molecule has 7 nitrogen and oxygen atoms in total. The third-order valence-corrected chi connectivity index (χ3v) is 5.35. The molecule has 0 radical (unpaired) electrons. The van der Waals surface area contributed by atoms with Gasteiger partial charge in [0.05, 0.1) is 12.1 Å². The molecule has 1 aliphatic heterocycles. The maximum atomic E-state index is 14.5. The molecule has 4 bridgehead atoms. The number of carbonyl (C=O) groups is 1. The largest absolute Gasteiger partial charge is 0.489 e. The minimum atomic E-state index is -0.604. The second-order valence-corrected chi connectivity index (χ2v) is 7.18. The van der Waals surface area contributed by atoms with Crippen molar-refractivity contribution in [3.8, 4) is 5.75 Å². The van der Waals surface area contributed by atoms with Crippen LogP contribution in [0.3, 0.4) is 0 Å². The van der Waals surface area contributed by atoms with E-state index in [-0.39, 0.29) is 23.6 Å². The van der Waals surface area contributed by atoms with Crippen LogP contribution >= 0.6 is 0 Å². The maximum Gasteiger partial charge on any atom is 0.229 e. The Hall–Kier alpha value is -3.42. The van der Waals surface area contributed by atoms with Crippen LogP contribution in [-0.4, -0.2) is 28.5 Å². The highest BCUT2D eigenvalue weighted by Crippen LogP contribution is 2.40. The second kappa shape index (κ2) is 7.90. The molecule has 8 heteroatoms. The standard InChI is InChI=1S/C21H22FN5O2/c1-2-12-9-13-5-4-8-29-15-7-3-6-14(10-15)25-21-24-11-16(22)20(27-21)26-18(13)17(12)19(23)28/h2-7,10-13,17-18H,1,8-9H2,(H2,23,28)(H2,24,25,26,27)/b5-4+. The van der Waals surface area contributed by atoms with Crippen LogP contribution in [0.2, 0.25) is 0 Å². The van der Waals surface area contributed by atoms with Crippen molar-refractivity contribution in [1.29, 1.82) is 0 Å². The molecule has 1 aromatic heterocycles. The molecule has 150 valence electrons. The number of nitrogens with two attached hydrogens (primary N) is 1. The number of rotatable bonds is 2. The first-order chi connectivity index (χ1) is 14.0. The van der Waals surface area contributed by atoms with Gasteiger partial charge in [0.15, 0.2) is 11.6 Å². The molecule has 4 atom stereocenters. The Morgan fingerprint density at radius 2 is 2.28 bits per heavy atom. The van der Waals surface area contributed by atoms with Crippen molar-refractivity contribution in [2.45, 2.75) is 12.5 Å². The highest BCUT2D eigenvalue weighted by Gasteiger charge is 2.44. The van der Waals surface area contributed by atoms with Crippen LogP contribution in [0.4, 0.5) is 21.8 Å². The van der Waals surface area contributed by atoms with Crippen molar-refractivity contribution in [1.82, 2.24) is 9.97 Å². The van der Waals surface area contributed by atoms with E-state index in [1.807, 2.05) is 36.4 Å². The first-order valence-corrected chi connectivity index (χ1v) is 9.42. The second-order valence-electron chi connectivity index (χ2n) is 7.18. The molecule has 0 saturated heterocycles. The summed E-state index contributed by atoms with van der Waals surface area (Å²) in [6, 6.07) is 6.91. The number of primary amides is 1. The van der Waals surface area contributed by atoms with E-state index in [1.165, 1.54) is 0 Å². The van der Waals surface area contributed by atoms with Gasteiger partial charge in [-0.1, -0.05) is 24.3 Å². The van der Waals surface area contributed by atoms with Crippen molar-refractivity contribution in [2.75, 3.05) is 17.2 Å². The van der Waals surface area contributed by atoms with E-state index in [0.29, 0.717) is 24.5 Å². The number of halogens is 1. The van der Waals surface area contributed by atoms with Crippen LogP contribution < -0.4 is 21.1 Å². The molecule has 29 heavy (non-hydrogen) atoms. The summed E-state index contributed by atoms with van der Waals surface area (Å²) in [5.74, 6) is -0.854. The molecule has 4 rings (SSSR count). The van der Waals surface area contributed by atoms with E-state index >= 15 is 0 Å². The first-order valence-electron chi connectivity index (χ1n) is 9.42. The lowest BCUT2D eigenvalue weighted by Crippen LogP contribution is -2.40. The number of carbonyl (C=O) groups excluding carboxylic acids is 1. The number of hydrogen-bond acceptors (Lipinski definition) is 6. The third-order valence-electron chi connectivity index (χ3n) is 5.35. The van der Waals surface area contributed by atoms with E-state index < -0.39 is 23.7 Å². The van der Waals surface area contributed by atoms with Crippen LogP contribution in [-0.2, 0) is 4.79 Å². The number of nitrogens with zero attached hydrogens (tertiary/aromatic N) is 2. The van der Waals surface area contributed by atoms with Gasteiger partial charge in [-0.15, -0.1) is 6.58 Å². The molecule has 1 aromatic carbocycles. The minimum Gasteiger partial charge on any atom is -0.489 e. The SMILES string of the molecule is C=CC1CC2/C=C/COc3cccc(c3)Nc3ncc(F)c(n3)NC2C1C(N)=O. The Bertz CT molecular complexity index is 964. The zero-order valence-electron chi connectivity index (χ0n) is 15.7. The van der Waals surface area contributed by atoms with Crippen molar-refractivity contribution in [2.24, 2.45) is 23.5 Å². The van der Waals surface area contributed by atoms with Crippen molar-refractivity contribution >= 4 is 23.4 Å². The lowest BCUT2D eigenvalue weighted by molar-refractivity contribution is -0.122. The molecule has 0 spiro atoms. The topological polar surface area (TPSA) is 102 Å². The molecule has 1 saturated carbocycles. The van der Waals surface area contributed by atoms with Gasteiger partial charge in [-0.2, -0.15) is 4.98 Å². The number of allylic oxidation sites excluding steroid dienone is 1. The van der Waals surface area contributed by atoms with Crippen LogP contribution in [0.1, 0.15) is 6.42 Å². The quantitative estimate of drug-likeness (QED) is 0.676. The normalized spacial score (nSPS) is 26.7. The number of fused-ring (bicyclic) bond motifs is 5. The Labute approximate surface area is 167 Å². The summed E-state index contributed by atoms with van der Waals surface area (Å²) in [7, 11) is 0. The Morgan fingerprint density at radius 3 is 3.07 bits per heavy atom. The van der Waals surface area contributed by atoms with Crippen LogP contribution in [0.5, 0.6) is 5.75 Å². The summed E-state index contributed by atoms with van der Waals surface area (Å²) in [5, 5.41) is 6.14. The summed E-state index contributed by atoms with van der Waals surface area (Å²) in [4.78, 5) is 20.4. The van der Waals surface area contributed by atoms with Crippen LogP contribution in [0, 0.1) is 23.6 Å². The molecule has 2 heterocycles. The fourth-order valence-corrected chi connectivity index (χ4v) is 4.02.